The van der Waals surface area contributed by atoms with Gasteiger partial charge in [0, 0.05) is 17.7 Å². The van der Waals surface area contributed by atoms with Gasteiger partial charge in [0.2, 0.25) is 5.91 Å². The van der Waals surface area contributed by atoms with Crippen molar-refractivity contribution in [3.05, 3.63) is 95.6 Å². The summed E-state index contributed by atoms with van der Waals surface area (Å²) in [5.41, 5.74) is 7.22. The molecule has 1 aliphatic rings. The molecule has 1 aliphatic heterocycles. The highest BCUT2D eigenvalue weighted by atomic mass is 16.5. The van der Waals surface area contributed by atoms with Crippen molar-refractivity contribution in [1.82, 2.24) is 10.2 Å². The van der Waals surface area contributed by atoms with Crippen LogP contribution in [0.2, 0.25) is 0 Å². The Balaban J connectivity index is 1.03. The molecule has 222 valence electrons. The first-order valence-corrected chi connectivity index (χ1v) is 14.5. The van der Waals surface area contributed by atoms with Crippen LogP contribution in [0.3, 0.4) is 0 Å². The van der Waals surface area contributed by atoms with Gasteiger partial charge in [-0.1, -0.05) is 30.3 Å². The highest BCUT2D eigenvalue weighted by molar-refractivity contribution is 6.04. The number of likely N-dealkylation sites (tertiary alicyclic amines) is 1. The van der Waals surface area contributed by atoms with Gasteiger partial charge in [-0.15, -0.1) is 0 Å². The summed E-state index contributed by atoms with van der Waals surface area (Å²) >= 11 is 0. The summed E-state index contributed by atoms with van der Waals surface area (Å²) < 4.78 is 16.9. The number of nitrogens with zero attached hydrogens (tertiary/aromatic N) is 1. The van der Waals surface area contributed by atoms with Crippen molar-refractivity contribution >= 4 is 17.8 Å². The van der Waals surface area contributed by atoms with Crippen LogP contribution in [0.25, 0.3) is 0 Å². The van der Waals surface area contributed by atoms with Crippen molar-refractivity contribution in [1.29, 1.82) is 5.41 Å². The van der Waals surface area contributed by atoms with Gasteiger partial charge in [-0.3, -0.25) is 15.5 Å². The number of nitrogens with one attached hydrogen (secondary N) is 2. The fourth-order valence-electron chi connectivity index (χ4n) is 4.91. The van der Waals surface area contributed by atoms with Crippen LogP contribution in [0.5, 0.6) is 11.5 Å². The van der Waals surface area contributed by atoms with Gasteiger partial charge in [0.05, 0.1) is 13.2 Å². The Kier molecular flexibility index (Phi) is 11.8. The summed E-state index contributed by atoms with van der Waals surface area (Å²) in [6.45, 7) is 4.69. The summed E-state index contributed by atoms with van der Waals surface area (Å²) in [6, 6.07) is 23.5. The van der Waals surface area contributed by atoms with E-state index in [-0.39, 0.29) is 12.4 Å². The molecule has 0 aliphatic carbocycles. The fraction of sp³-hybridized carbons (Fsp3) is 0.364. The maximum Gasteiger partial charge on any atom is 0.413 e. The van der Waals surface area contributed by atoms with E-state index in [1.54, 1.807) is 36.4 Å². The number of amidine groups is 1. The summed E-state index contributed by atoms with van der Waals surface area (Å²) in [4.78, 5) is 25.7. The lowest BCUT2D eigenvalue weighted by atomic mass is 9.92. The summed E-state index contributed by atoms with van der Waals surface area (Å²) in [5, 5.41) is 10.6. The van der Waals surface area contributed by atoms with Gasteiger partial charge < -0.3 is 24.8 Å². The molecule has 0 radical (unpaired) electrons. The van der Waals surface area contributed by atoms with Gasteiger partial charge in [-0.2, -0.15) is 0 Å². The third kappa shape index (κ3) is 10.2. The highest BCUT2D eigenvalue weighted by Gasteiger charge is 2.18. The first-order valence-electron chi connectivity index (χ1n) is 14.5. The number of primary amides is 1. The minimum absolute atomic E-state index is 0.0187. The van der Waals surface area contributed by atoms with Crippen molar-refractivity contribution in [3.63, 3.8) is 0 Å². The normalized spacial score (nSPS) is 13.7. The minimum atomic E-state index is -0.658. The molecule has 0 saturated carbocycles. The molecule has 9 heteroatoms. The number of nitrogens with two attached hydrogens (primary N) is 1. The topological polar surface area (TPSA) is 127 Å². The molecule has 3 aromatic rings. The summed E-state index contributed by atoms with van der Waals surface area (Å²) in [5.74, 6) is 1.77. The van der Waals surface area contributed by atoms with Crippen LogP contribution >= 0.6 is 0 Å². The van der Waals surface area contributed by atoms with E-state index >= 15 is 0 Å². The van der Waals surface area contributed by atoms with E-state index in [0.717, 1.165) is 61.9 Å². The Morgan fingerprint density at radius 1 is 0.833 bits per heavy atom. The second-order valence-electron chi connectivity index (χ2n) is 10.5. The SMILES string of the molecule is N=C(NC(=O)OCc1ccccc1)c1ccc(OCCCC2CCN(CCCOc3ccc(C(N)=O)cc3)CC2)cc1. The van der Waals surface area contributed by atoms with Gasteiger partial charge in [0.25, 0.3) is 0 Å². The maximum absolute atomic E-state index is 12.0. The van der Waals surface area contributed by atoms with E-state index in [2.05, 4.69) is 10.2 Å². The van der Waals surface area contributed by atoms with E-state index in [1.165, 1.54) is 12.8 Å². The average molecular weight is 573 g/mol. The number of carbonyl (C=O) groups is 2. The lowest BCUT2D eigenvalue weighted by Gasteiger charge is -2.32. The van der Waals surface area contributed by atoms with Crippen molar-refractivity contribution < 1.29 is 23.8 Å². The quantitative estimate of drug-likeness (QED) is 0.135. The highest BCUT2D eigenvalue weighted by Crippen LogP contribution is 2.22. The van der Waals surface area contributed by atoms with Crippen LogP contribution in [0.4, 0.5) is 4.79 Å². The molecule has 0 spiro atoms. The van der Waals surface area contributed by atoms with E-state index in [1.807, 2.05) is 42.5 Å². The number of amides is 2. The molecule has 2 amide bonds. The average Bonchev–Trinajstić information content (AvgIpc) is 3.02. The van der Waals surface area contributed by atoms with Crippen molar-refractivity contribution in [2.75, 3.05) is 32.8 Å². The number of hydrogen-bond acceptors (Lipinski definition) is 7. The Bertz CT molecular complexity index is 1270. The molecule has 1 fully saturated rings. The Morgan fingerprint density at radius 2 is 1.43 bits per heavy atom. The van der Waals surface area contributed by atoms with Crippen molar-refractivity contribution in [2.24, 2.45) is 11.7 Å². The summed E-state index contributed by atoms with van der Waals surface area (Å²) in [7, 11) is 0. The van der Waals surface area contributed by atoms with Crippen LogP contribution in [0.15, 0.2) is 78.9 Å². The second-order valence-corrected chi connectivity index (χ2v) is 10.5. The number of carbonyl (C=O) groups excluding carboxylic acids is 2. The molecular formula is C33H40N4O5. The van der Waals surface area contributed by atoms with Gasteiger partial charge in [0.15, 0.2) is 0 Å². The lowest BCUT2D eigenvalue weighted by Crippen LogP contribution is -2.35. The van der Waals surface area contributed by atoms with Gasteiger partial charge in [0.1, 0.15) is 23.9 Å². The van der Waals surface area contributed by atoms with E-state index in [4.69, 9.17) is 25.4 Å². The first kappa shape index (κ1) is 30.6. The minimum Gasteiger partial charge on any atom is -0.494 e. The van der Waals surface area contributed by atoms with E-state index < -0.39 is 12.0 Å². The van der Waals surface area contributed by atoms with Crippen LogP contribution in [-0.4, -0.2) is 55.6 Å². The Hall–Kier alpha value is -4.37. The molecule has 1 heterocycles. The fourth-order valence-corrected chi connectivity index (χ4v) is 4.91. The van der Waals surface area contributed by atoms with Crippen LogP contribution in [0, 0.1) is 11.3 Å². The monoisotopic (exact) mass is 572 g/mol. The van der Waals surface area contributed by atoms with Crippen molar-refractivity contribution in [2.45, 2.75) is 38.7 Å². The molecule has 0 bridgehead atoms. The molecule has 9 nitrogen and oxygen atoms in total. The Labute approximate surface area is 247 Å². The zero-order valence-corrected chi connectivity index (χ0v) is 23.9. The first-order chi connectivity index (χ1) is 20.5. The molecule has 1 saturated heterocycles. The smallest absolute Gasteiger partial charge is 0.413 e. The molecule has 0 unspecified atom stereocenters. The van der Waals surface area contributed by atoms with Gasteiger partial charge >= 0.3 is 6.09 Å². The number of hydrogen-bond donors (Lipinski definition) is 3. The molecule has 4 N–H and O–H groups in total. The third-order valence-corrected chi connectivity index (χ3v) is 7.34. The predicted octanol–water partition coefficient (Wildman–Crippen LogP) is 5.38. The molecule has 0 aromatic heterocycles. The summed E-state index contributed by atoms with van der Waals surface area (Å²) in [6.07, 6.45) is 4.85. The zero-order chi connectivity index (χ0) is 29.6. The number of benzene rings is 3. The van der Waals surface area contributed by atoms with E-state index in [0.29, 0.717) is 24.3 Å². The standard InChI is InChI=1S/C33H40N4O5/c34-31(36-33(39)42-24-26-6-2-1-3-7-26)27-9-13-29(14-10-27)40-22-4-8-25-17-20-37(21-18-25)19-5-23-41-30-15-11-28(12-16-30)32(35)38/h1-3,6-7,9-16,25H,4-5,8,17-24H2,(H2,35,38)(H2,34,36,39). The number of alkyl carbamates (subject to hydrolysis) is 1. The van der Waals surface area contributed by atoms with Crippen LogP contribution in [-0.2, 0) is 11.3 Å². The number of ether oxygens (including phenoxy) is 3. The lowest BCUT2D eigenvalue weighted by molar-refractivity contribution is 0.1000. The third-order valence-electron chi connectivity index (χ3n) is 7.34. The Morgan fingerprint density at radius 3 is 2.05 bits per heavy atom. The van der Waals surface area contributed by atoms with Crippen molar-refractivity contribution in [3.8, 4) is 11.5 Å². The predicted molar refractivity (Wildman–Crippen MR) is 162 cm³/mol. The number of piperidine rings is 1. The molecule has 4 rings (SSSR count). The van der Waals surface area contributed by atoms with Crippen LogP contribution in [0.1, 0.15) is 53.6 Å². The molecule has 3 aromatic carbocycles. The molecule has 42 heavy (non-hydrogen) atoms. The second kappa shape index (κ2) is 16.2. The zero-order valence-electron chi connectivity index (χ0n) is 23.9. The molecule has 0 atom stereocenters. The van der Waals surface area contributed by atoms with Crippen LogP contribution < -0.4 is 20.5 Å². The van der Waals surface area contributed by atoms with Gasteiger partial charge in [-0.25, -0.2) is 4.79 Å². The number of rotatable bonds is 14. The van der Waals surface area contributed by atoms with E-state index in [9.17, 15) is 9.59 Å². The molecular weight excluding hydrogens is 532 g/mol. The largest absolute Gasteiger partial charge is 0.494 e. The maximum atomic E-state index is 12.0. The van der Waals surface area contributed by atoms with Gasteiger partial charge in [-0.05, 0) is 105 Å².